The first kappa shape index (κ1) is 74.4. The molecule has 0 radical (unpaired) electrons. The van der Waals surface area contributed by atoms with Gasteiger partial charge in [0.25, 0.3) is 0 Å². The van der Waals surface area contributed by atoms with Crippen molar-refractivity contribution in [2.75, 3.05) is 0 Å². The van der Waals surface area contributed by atoms with E-state index in [9.17, 15) is 0 Å². The van der Waals surface area contributed by atoms with Gasteiger partial charge in [0.1, 0.15) is 11.5 Å². The Morgan fingerprint density at radius 2 is 0.344 bits per heavy atom. The largest absolute Gasteiger partial charge is 0.457 e. The van der Waals surface area contributed by atoms with E-state index in [1.807, 2.05) is 168 Å². The molecule has 0 unspecified atom stereocenters. The smallest absolute Gasteiger partial charge is 0.127 e. The minimum absolute atomic E-state index is 0.869. The van der Waals surface area contributed by atoms with Crippen molar-refractivity contribution in [1.82, 2.24) is 0 Å². The Morgan fingerprint density at radius 3 is 0.469 bits per heavy atom. The van der Waals surface area contributed by atoms with Crippen molar-refractivity contribution in [3.05, 3.63) is 182 Å². The maximum atomic E-state index is 5.58. The summed E-state index contributed by atoms with van der Waals surface area (Å²) in [7, 11) is 0. The predicted octanol–water partition coefficient (Wildman–Crippen LogP) is 19.5. The maximum Gasteiger partial charge on any atom is 0.127 e. The van der Waals surface area contributed by atoms with Crippen LogP contribution >= 0.6 is 0 Å². The highest BCUT2D eigenvalue weighted by molar-refractivity contribution is 5.63. The van der Waals surface area contributed by atoms with Crippen molar-refractivity contribution in [2.24, 2.45) is 0 Å². The van der Waals surface area contributed by atoms with Crippen molar-refractivity contribution in [1.29, 1.82) is 0 Å². The molecule has 0 bridgehead atoms. The fraction of sp³-hybridized carbons (Fsp3) is 0.270. The van der Waals surface area contributed by atoms with Crippen molar-refractivity contribution < 1.29 is 4.74 Å². The van der Waals surface area contributed by atoms with Gasteiger partial charge in [-0.3, -0.25) is 0 Å². The number of hydrogen-bond acceptors (Lipinski definition) is 1. The fourth-order valence-electron chi connectivity index (χ4n) is 3.64. The topological polar surface area (TPSA) is 9.23 Å². The molecule has 0 saturated heterocycles. The average Bonchev–Trinajstić information content (AvgIpc) is 3.39. The Balaban J connectivity index is -0.0000000966. The summed E-state index contributed by atoms with van der Waals surface area (Å²) in [5, 5.41) is 0. The molecule has 0 aliphatic heterocycles. The number of terminal acetylenes is 5. The van der Waals surface area contributed by atoms with Crippen LogP contribution in [0.2, 0.25) is 0 Å². The zero-order valence-electron chi connectivity index (χ0n) is 43.1. The normalized spacial score (nSPS) is 6.75. The third kappa shape index (κ3) is 57.0. The van der Waals surface area contributed by atoms with Gasteiger partial charge in [0.2, 0.25) is 0 Å². The van der Waals surface area contributed by atoms with E-state index >= 15 is 0 Å². The van der Waals surface area contributed by atoms with E-state index in [1.54, 1.807) is 34.6 Å². The molecular weight excluding hydrogens is 773 g/mol. The van der Waals surface area contributed by atoms with Gasteiger partial charge in [0.05, 0.1) is 0 Å². The summed E-state index contributed by atoms with van der Waals surface area (Å²) in [5.41, 5.74) is 5.10. The lowest BCUT2D eigenvalue weighted by molar-refractivity contribution is 0.482. The van der Waals surface area contributed by atoms with Crippen molar-refractivity contribution in [3.63, 3.8) is 0 Å². The van der Waals surface area contributed by atoms with Gasteiger partial charge < -0.3 is 4.74 Å². The molecule has 0 heterocycles. The van der Waals surface area contributed by atoms with Gasteiger partial charge >= 0.3 is 0 Å². The molecule has 344 valence electrons. The molecule has 0 saturated carbocycles. The van der Waals surface area contributed by atoms with Gasteiger partial charge in [-0.05, 0) is 81.1 Å². The molecule has 0 aliphatic rings. The third-order valence-electron chi connectivity index (χ3n) is 5.48. The summed E-state index contributed by atoms with van der Waals surface area (Å²) in [4.78, 5) is 0. The third-order valence-corrected chi connectivity index (χ3v) is 5.48. The molecule has 6 rings (SSSR count). The minimum Gasteiger partial charge on any atom is -0.457 e. The molecule has 0 aliphatic carbocycles. The molecule has 0 amide bonds. The zero-order valence-corrected chi connectivity index (χ0v) is 43.1. The Kier molecular flexibility index (Phi) is 89.0. The van der Waals surface area contributed by atoms with Crippen LogP contribution in [0.5, 0.6) is 11.5 Å². The van der Waals surface area contributed by atoms with E-state index < -0.39 is 0 Å². The maximum absolute atomic E-state index is 5.58. The molecule has 0 spiro atoms. The van der Waals surface area contributed by atoms with Crippen LogP contribution in [-0.2, 0) is 0 Å². The summed E-state index contributed by atoms with van der Waals surface area (Å²) in [5.74, 6) is 13.0. The summed E-state index contributed by atoms with van der Waals surface area (Å²) < 4.78 is 5.58. The number of hydrogen-bond donors (Lipinski definition) is 0. The second kappa shape index (κ2) is 76.6. The quantitative estimate of drug-likeness (QED) is 0.161. The number of para-hydroxylation sites is 2. The molecule has 1 nitrogen and oxygen atoms in total. The minimum atomic E-state index is 0.869. The standard InChI is InChI=1S/C12H10O.2C12H10.5C3H4.6C2H6/c1-3-7-11(8-4-1)13-12-9-5-2-6-10-12;2*1-3-7-11(8-4-1)12-9-5-2-6-10-12;5*1-3-2;6*1-2/h1-10H;2*1-10H;5*1H,2H3;6*1-2H3. The van der Waals surface area contributed by atoms with E-state index in [0.29, 0.717) is 0 Å². The monoisotopic (exact) mass is 859 g/mol. The van der Waals surface area contributed by atoms with Gasteiger partial charge in [0.15, 0.2) is 0 Å². The van der Waals surface area contributed by atoms with Crippen LogP contribution < -0.4 is 4.74 Å². The van der Waals surface area contributed by atoms with Crippen molar-refractivity contribution >= 4 is 0 Å². The van der Waals surface area contributed by atoms with Crippen LogP contribution in [0.4, 0.5) is 0 Å². The van der Waals surface area contributed by atoms with Crippen molar-refractivity contribution in [3.8, 4) is 95.5 Å². The SMILES string of the molecule is C#CC.C#CC.C#CC.C#CC.C#CC.CC.CC.CC.CC.CC.CC.c1ccc(-c2ccccc2)cc1.c1ccc(-c2ccccc2)cc1.c1ccc(Oc2ccccc2)cc1. The van der Waals surface area contributed by atoms with Gasteiger partial charge in [-0.2, -0.15) is 0 Å². The van der Waals surface area contributed by atoms with Crippen LogP contribution in [-0.4, -0.2) is 0 Å². The molecule has 0 atom stereocenters. The Hall–Kier alpha value is -7.08. The summed E-state index contributed by atoms with van der Waals surface area (Å²) in [6, 6.07) is 61.1. The lowest BCUT2D eigenvalue weighted by Gasteiger charge is -2.03. The van der Waals surface area contributed by atoms with Crippen LogP contribution in [0, 0.1) is 61.7 Å². The molecule has 64 heavy (non-hydrogen) atoms. The molecule has 0 aromatic heterocycles. The molecular formula is C63H86O. The van der Waals surface area contributed by atoms with E-state index in [4.69, 9.17) is 4.74 Å². The average molecular weight is 859 g/mol. The zero-order chi connectivity index (χ0) is 50.9. The highest BCUT2D eigenvalue weighted by Gasteiger charge is 1.94. The fourth-order valence-corrected chi connectivity index (χ4v) is 3.64. The molecule has 6 aromatic carbocycles. The number of ether oxygens (including phenoxy) is 1. The first-order valence-electron chi connectivity index (χ1n) is 22.3. The number of rotatable bonds is 4. The number of benzene rings is 6. The van der Waals surface area contributed by atoms with Crippen LogP contribution in [0.25, 0.3) is 22.3 Å². The molecule has 0 N–H and O–H groups in total. The Morgan fingerprint density at radius 1 is 0.234 bits per heavy atom. The Bertz CT molecular complexity index is 1590. The van der Waals surface area contributed by atoms with E-state index in [-0.39, 0.29) is 0 Å². The molecule has 0 fully saturated rings. The lowest BCUT2D eigenvalue weighted by atomic mass is 10.1. The van der Waals surface area contributed by atoms with E-state index in [2.05, 4.69) is 159 Å². The summed E-state index contributed by atoms with van der Waals surface area (Å²) in [6.45, 7) is 32.3. The van der Waals surface area contributed by atoms with Crippen molar-refractivity contribution in [2.45, 2.75) is 118 Å². The van der Waals surface area contributed by atoms with Gasteiger partial charge in [0, 0.05) is 0 Å². The summed E-state index contributed by atoms with van der Waals surface area (Å²) in [6.07, 6.45) is 23.0. The Labute approximate surface area is 398 Å². The second-order valence-corrected chi connectivity index (χ2v) is 9.64. The van der Waals surface area contributed by atoms with E-state index in [1.165, 1.54) is 22.3 Å². The van der Waals surface area contributed by atoms with Crippen LogP contribution in [0.3, 0.4) is 0 Å². The predicted molar refractivity (Wildman–Crippen MR) is 297 cm³/mol. The summed E-state index contributed by atoms with van der Waals surface area (Å²) >= 11 is 0. The first-order valence-corrected chi connectivity index (χ1v) is 22.3. The second-order valence-electron chi connectivity index (χ2n) is 9.64. The van der Waals surface area contributed by atoms with E-state index in [0.717, 1.165) is 11.5 Å². The van der Waals surface area contributed by atoms with Gasteiger partial charge in [-0.25, -0.2) is 0 Å². The van der Waals surface area contributed by atoms with Gasteiger partial charge in [-0.1, -0.05) is 241 Å². The highest BCUT2D eigenvalue weighted by atomic mass is 16.5. The first-order chi connectivity index (χ1) is 31.5. The van der Waals surface area contributed by atoms with Crippen LogP contribution in [0.15, 0.2) is 182 Å². The lowest BCUT2D eigenvalue weighted by Crippen LogP contribution is -1.81. The van der Waals surface area contributed by atoms with Gasteiger partial charge in [-0.15, -0.1) is 61.7 Å². The highest BCUT2D eigenvalue weighted by Crippen LogP contribution is 2.20. The molecule has 6 aromatic rings. The molecule has 1 heteroatoms. The van der Waals surface area contributed by atoms with Crippen LogP contribution in [0.1, 0.15) is 118 Å².